The Hall–Kier alpha value is -2.56. The molecule has 23 heavy (non-hydrogen) atoms. The van der Waals surface area contributed by atoms with E-state index in [0.717, 1.165) is 5.56 Å². The first-order valence-electron chi connectivity index (χ1n) is 7.44. The van der Waals surface area contributed by atoms with E-state index in [2.05, 4.69) is 5.32 Å². The maximum Gasteiger partial charge on any atom is 0.251 e. The number of ether oxygens (including phenoxy) is 2. The second-order valence-corrected chi connectivity index (χ2v) is 5.44. The van der Waals surface area contributed by atoms with Gasteiger partial charge in [0.1, 0.15) is 5.82 Å². The number of hydrogen-bond acceptors (Lipinski definition) is 3. The molecule has 5 heteroatoms. The lowest BCUT2D eigenvalue weighted by molar-refractivity contribution is 0.0936. The second-order valence-electron chi connectivity index (χ2n) is 5.44. The van der Waals surface area contributed by atoms with Gasteiger partial charge in [-0.15, -0.1) is 0 Å². The van der Waals surface area contributed by atoms with Gasteiger partial charge in [0.25, 0.3) is 5.91 Å². The topological polar surface area (TPSA) is 47.6 Å². The molecular formula is C18H18FNO3. The Morgan fingerprint density at radius 2 is 1.96 bits per heavy atom. The highest BCUT2D eigenvalue weighted by Gasteiger charge is 2.26. The van der Waals surface area contributed by atoms with E-state index in [0.29, 0.717) is 35.5 Å². The standard InChI is InChI=1S/C18H18FNO3/c1-22-16-9-6-11(10-17(16)23-2)18(21)20-15-8-7-12-13(15)4-3-5-14(12)19/h3-6,9-10,15H,7-8H2,1-2H3,(H,20,21). The van der Waals surface area contributed by atoms with Crippen LogP contribution in [0.15, 0.2) is 36.4 Å². The summed E-state index contributed by atoms with van der Waals surface area (Å²) >= 11 is 0. The van der Waals surface area contributed by atoms with Crippen molar-refractivity contribution in [3.63, 3.8) is 0 Å². The molecule has 1 aliphatic carbocycles. The highest BCUT2D eigenvalue weighted by atomic mass is 19.1. The quantitative estimate of drug-likeness (QED) is 0.942. The summed E-state index contributed by atoms with van der Waals surface area (Å²) in [5, 5.41) is 2.97. The van der Waals surface area contributed by atoms with E-state index in [1.165, 1.54) is 13.2 Å². The van der Waals surface area contributed by atoms with Crippen LogP contribution in [0.5, 0.6) is 11.5 Å². The Kier molecular flexibility index (Phi) is 4.19. The van der Waals surface area contributed by atoms with Crippen molar-refractivity contribution in [3.8, 4) is 11.5 Å². The van der Waals surface area contributed by atoms with E-state index in [4.69, 9.17) is 9.47 Å². The zero-order valence-electron chi connectivity index (χ0n) is 13.1. The van der Waals surface area contributed by atoms with Gasteiger partial charge in [-0.3, -0.25) is 4.79 Å². The van der Waals surface area contributed by atoms with Gasteiger partial charge in [-0.2, -0.15) is 0 Å². The van der Waals surface area contributed by atoms with Gasteiger partial charge in [-0.25, -0.2) is 4.39 Å². The number of methoxy groups -OCH3 is 2. The number of hydrogen-bond donors (Lipinski definition) is 1. The number of carbonyl (C=O) groups is 1. The summed E-state index contributed by atoms with van der Waals surface area (Å²) in [6.07, 6.45) is 1.34. The Bertz CT molecular complexity index is 745. The number of amides is 1. The molecule has 3 rings (SSSR count). The predicted octanol–water partition coefficient (Wildman–Crippen LogP) is 3.26. The third-order valence-corrected chi connectivity index (χ3v) is 4.16. The molecule has 1 atom stereocenters. The first kappa shape index (κ1) is 15.3. The van der Waals surface area contributed by atoms with E-state index < -0.39 is 0 Å². The van der Waals surface area contributed by atoms with Crippen molar-refractivity contribution in [2.24, 2.45) is 0 Å². The lowest BCUT2D eigenvalue weighted by Gasteiger charge is -2.15. The van der Waals surface area contributed by atoms with Crippen molar-refractivity contribution < 1.29 is 18.7 Å². The van der Waals surface area contributed by atoms with Crippen LogP contribution in [-0.4, -0.2) is 20.1 Å². The summed E-state index contributed by atoms with van der Waals surface area (Å²) in [6.45, 7) is 0. The normalized spacial score (nSPS) is 15.9. The average Bonchev–Trinajstić information content (AvgIpc) is 2.98. The van der Waals surface area contributed by atoms with Gasteiger partial charge in [0.2, 0.25) is 0 Å². The SMILES string of the molecule is COc1ccc(C(=O)NC2CCc3c(F)cccc32)cc1OC. The maximum atomic E-state index is 13.8. The Balaban J connectivity index is 1.80. The third-order valence-electron chi connectivity index (χ3n) is 4.16. The Labute approximate surface area is 134 Å². The number of carbonyl (C=O) groups excluding carboxylic acids is 1. The second kappa shape index (κ2) is 6.28. The molecule has 2 aromatic carbocycles. The lowest BCUT2D eigenvalue weighted by atomic mass is 10.1. The van der Waals surface area contributed by atoms with E-state index in [-0.39, 0.29) is 17.8 Å². The number of halogens is 1. The molecule has 1 amide bonds. The summed E-state index contributed by atoms with van der Waals surface area (Å²) in [6, 6.07) is 9.84. The molecule has 0 heterocycles. The van der Waals surface area contributed by atoms with Gasteiger partial charge in [0, 0.05) is 5.56 Å². The van der Waals surface area contributed by atoms with Gasteiger partial charge < -0.3 is 14.8 Å². The van der Waals surface area contributed by atoms with Gasteiger partial charge in [-0.05, 0) is 48.2 Å². The van der Waals surface area contributed by atoms with Crippen molar-refractivity contribution in [1.29, 1.82) is 0 Å². The summed E-state index contributed by atoms with van der Waals surface area (Å²) < 4.78 is 24.1. The van der Waals surface area contributed by atoms with E-state index in [9.17, 15) is 9.18 Å². The van der Waals surface area contributed by atoms with E-state index in [1.807, 2.05) is 6.07 Å². The fourth-order valence-electron chi connectivity index (χ4n) is 2.98. The molecule has 1 N–H and O–H groups in total. The first-order chi connectivity index (χ1) is 11.1. The van der Waals surface area contributed by atoms with Crippen LogP contribution in [0.4, 0.5) is 4.39 Å². The fraction of sp³-hybridized carbons (Fsp3) is 0.278. The average molecular weight is 315 g/mol. The number of fused-ring (bicyclic) bond motifs is 1. The molecule has 0 bridgehead atoms. The molecule has 1 aliphatic rings. The summed E-state index contributed by atoms with van der Waals surface area (Å²) in [5.41, 5.74) is 2.04. The minimum atomic E-state index is -0.215. The molecule has 0 aromatic heterocycles. The summed E-state index contributed by atoms with van der Waals surface area (Å²) in [5.74, 6) is 0.647. The smallest absolute Gasteiger partial charge is 0.251 e. The van der Waals surface area contributed by atoms with Gasteiger partial charge >= 0.3 is 0 Å². The van der Waals surface area contributed by atoms with Crippen molar-refractivity contribution in [1.82, 2.24) is 5.32 Å². The molecule has 0 radical (unpaired) electrons. The van der Waals surface area contributed by atoms with Gasteiger partial charge in [0.15, 0.2) is 11.5 Å². The third kappa shape index (κ3) is 2.86. The number of nitrogens with one attached hydrogen (secondary N) is 1. The Morgan fingerprint density at radius 1 is 1.17 bits per heavy atom. The maximum absolute atomic E-state index is 13.8. The molecule has 0 saturated carbocycles. The molecular weight excluding hydrogens is 297 g/mol. The van der Waals surface area contributed by atoms with Crippen molar-refractivity contribution in [3.05, 3.63) is 58.9 Å². The van der Waals surface area contributed by atoms with Crippen LogP contribution in [0.1, 0.15) is 33.9 Å². The van der Waals surface area contributed by atoms with E-state index in [1.54, 1.807) is 31.4 Å². The molecule has 2 aromatic rings. The molecule has 4 nitrogen and oxygen atoms in total. The molecule has 0 saturated heterocycles. The van der Waals surface area contributed by atoms with Crippen molar-refractivity contribution in [2.75, 3.05) is 14.2 Å². The largest absolute Gasteiger partial charge is 0.493 e. The number of benzene rings is 2. The van der Waals surface area contributed by atoms with Crippen LogP contribution in [-0.2, 0) is 6.42 Å². The minimum Gasteiger partial charge on any atom is -0.493 e. The zero-order valence-corrected chi connectivity index (χ0v) is 13.1. The first-order valence-corrected chi connectivity index (χ1v) is 7.44. The molecule has 1 unspecified atom stereocenters. The summed E-state index contributed by atoms with van der Waals surface area (Å²) in [4.78, 5) is 12.5. The molecule has 0 aliphatic heterocycles. The van der Waals surface area contributed by atoms with Crippen LogP contribution < -0.4 is 14.8 Å². The van der Waals surface area contributed by atoms with Crippen molar-refractivity contribution in [2.45, 2.75) is 18.9 Å². The van der Waals surface area contributed by atoms with Gasteiger partial charge in [-0.1, -0.05) is 12.1 Å². The number of rotatable bonds is 4. The van der Waals surface area contributed by atoms with Crippen LogP contribution in [0.2, 0.25) is 0 Å². The van der Waals surface area contributed by atoms with Gasteiger partial charge in [0.05, 0.1) is 20.3 Å². The van der Waals surface area contributed by atoms with Crippen LogP contribution in [0, 0.1) is 5.82 Å². The van der Waals surface area contributed by atoms with E-state index >= 15 is 0 Å². The lowest BCUT2D eigenvalue weighted by Crippen LogP contribution is -2.27. The monoisotopic (exact) mass is 315 g/mol. The fourth-order valence-corrected chi connectivity index (χ4v) is 2.98. The highest BCUT2D eigenvalue weighted by Crippen LogP contribution is 2.33. The predicted molar refractivity (Wildman–Crippen MR) is 84.5 cm³/mol. The van der Waals surface area contributed by atoms with Crippen LogP contribution in [0.3, 0.4) is 0 Å². The minimum absolute atomic E-state index is 0.165. The molecule has 0 fully saturated rings. The Morgan fingerprint density at radius 3 is 2.70 bits per heavy atom. The zero-order chi connectivity index (χ0) is 16.4. The van der Waals surface area contributed by atoms with Crippen LogP contribution in [0.25, 0.3) is 0 Å². The summed E-state index contributed by atoms with van der Waals surface area (Å²) in [7, 11) is 3.07. The molecule has 120 valence electrons. The van der Waals surface area contributed by atoms with Crippen LogP contribution >= 0.6 is 0 Å². The highest BCUT2D eigenvalue weighted by molar-refractivity contribution is 5.95. The molecule has 0 spiro atoms. The van der Waals surface area contributed by atoms with Crippen molar-refractivity contribution >= 4 is 5.91 Å².